The number of piperazine rings is 1. The molecule has 2 N–H and O–H groups in total. The number of amides is 6. The molecule has 3 heterocycles. The monoisotopic (exact) mass is 1300 g/mol. The number of ketones is 2. The molecule has 0 aromatic heterocycles. The van der Waals surface area contributed by atoms with Gasteiger partial charge < -0.3 is 44.6 Å². The lowest BCUT2D eigenvalue weighted by Crippen LogP contribution is -2.61. The van der Waals surface area contributed by atoms with E-state index in [0.29, 0.717) is 37.3 Å². The maximum atomic E-state index is 15.9. The zero-order chi connectivity index (χ0) is 69.8. The number of aliphatic hydroxyl groups is 1. The number of cyclic esters (lactones) is 1. The van der Waals surface area contributed by atoms with Crippen LogP contribution in [-0.4, -0.2) is 202 Å². The van der Waals surface area contributed by atoms with Gasteiger partial charge in [0, 0.05) is 116 Å². The maximum Gasteiger partial charge on any atom is 0.332 e. The molecule has 3 aliphatic rings. The molecule has 518 valence electrons. The second-order valence-electron chi connectivity index (χ2n) is 29.2. The van der Waals surface area contributed by atoms with Crippen molar-refractivity contribution < 1.29 is 53.0 Å². The predicted octanol–water partition coefficient (Wildman–Crippen LogP) is 8.75. The van der Waals surface area contributed by atoms with Crippen molar-refractivity contribution in [3.8, 4) is 11.1 Å². The quantitative estimate of drug-likeness (QED) is 0.128. The lowest BCUT2D eigenvalue weighted by Gasteiger charge is -2.39. The number of ether oxygens (including phenoxy) is 1. The first-order valence-electron chi connectivity index (χ1n) is 34.6. The number of Topliss-reactive ketones (excluding diaryl/α,β-unsaturated/α-hetero) is 2. The molecule has 3 fully saturated rings. The number of carbonyl (C=O) groups excluding carboxylic acids is 9. The number of hydrogen-bond acceptors (Lipinski definition) is 13. The highest BCUT2D eigenvalue weighted by atomic mass is 16.6. The van der Waals surface area contributed by atoms with E-state index in [4.69, 9.17) is 4.74 Å². The zero-order valence-corrected chi connectivity index (χ0v) is 59.7. The van der Waals surface area contributed by atoms with E-state index in [-0.39, 0.29) is 56.3 Å². The summed E-state index contributed by atoms with van der Waals surface area (Å²) in [6.45, 7) is 29.5. The van der Waals surface area contributed by atoms with E-state index in [1.807, 2.05) is 103 Å². The van der Waals surface area contributed by atoms with E-state index in [9.17, 15) is 14.7 Å². The average Bonchev–Trinajstić information content (AvgIpc) is 1.21. The van der Waals surface area contributed by atoms with Gasteiger partial charge in [0.05, 0.1) is 17.7 Å². The Labute approximate surface area is 561 Å². The van der Waals surface area contributed by atoms with Gasteiger partial charge in [-0.2, -0.15) is 0 Å². The molecule has 3 aliphatic heterocycles. The molecule has 5 unspecified atom stereocenters. The molecule has 0 saturated carbocycles. The van der Waals surface area contributed by atoms with Gasteiger partial charge in [0.2, 0.25) is 29.5 Å². The van der Waals surface area contributed by atoms with Gasteiger partial charge in [-0.05, 0) is 111 Å². The maximum absolute atomic E-state index is 15.9. The number of nitrogens with zero attached hydrogens (tertiary/aromatic N) is 7. The van der Waals surface area contributed by atoms with Gasteiger partial charge in [0.25, 0.3) is 5.91 Å². The third kappa shape index (κ3) is 18.7. The molecule has 94 heavy (non-hydrogen) atoms. The summed E-state index contributed by atoms with van der Waals surface area (Å²) in [6.07, 6.45) is -0.212. The van der Waals surface area contributed by atoms with Gasteiger partial charge in [-0.25, -0.2) is 4.79 Å². The van der Waals surface area contributed by atoms with Gasteiger partial charge in [0.15, 0.2) is 23.7 Å². The fourth-order valence-corrected chi connectivity index (χ4v) is 14.3. The van der Waals surface area contributed by atoms with Crippen molar-refractivity contribution in [3.05, 3.63) is 90.0 Å². The molecule has 3 aromatic rings. The van der Waals surface area contributed by atoms with E-state index in [1.165, 1.54) is 42.6 Å². The Morgan fingerprint density at radius 3 is 1.74 bits per heavy atom. The Morgan fingerprint density at radius 2 is 1.18 bits per heavy atom. The van der Waals surface area contributed by atoms with Crippen LogP contribution in [0.4, 0.5) is 5.69 Å². The lowest BCUT2D eigenvalue weighted by atomic mass is 9.82. The summed E-state index contributed by atoms with van der Waals surface area (Å²) in [7, 11) is 5.89. The SMILES string of the molecule is CCC(C)[C@@H]1CC(=O)C2CCCN2C(=O)C(Cc2cccc(-c3ccc(N4CCN(C(C)C)CC4)cc3)c2)N(C)C(=O)C(Cc2ccccc2)NC(=O)[C@H](C(C)C)N(C)C(=O)[C@@H](C(C)CC)OC(=O)[C@H](C(C)(C)O)N(C)C(=O)[C@H](CC(C)C)CC(=O)[C@H](C(C)C)N(C)C1=O. The van der Waals surface area contributed by atoms with E-state index in [0.717, 1.165) is 53.5 Å². The summed E-state index contributed by atoms with van der Waals surface area (Å²) in [4.78, 5) is 149. The molecular weight excluding hydrogens is 1190 g/mol. The number of esters is 1. The number of benzene rings is 3. The Bertz CT molecular complexity index is 3080. The van der Waals surface area contributed by atoms with Crippen molar-refractivity contribution >= 4 is 58.7 Å². The van der Waals surface area contributed by atoms with Crippen LogP contribution in [0.1, 0.15) is 153 Å². The minimum atomic E-state index is -1.95. The Hall–Kier alpha value is -6.99. The van der Waals surface area contributed by atoms with E-state index in [1.54, 1.807) is 39.8 Å². The Kier molecular flexibility index (Phi) is 27.2. The number of hydrogen-bond donors (Lipinski definition) is 2. The smallest absolute Gasteiger partial charge is 0.332 e. The highest BCUT2D eigenvalue weighted by Crippen LogP contribution is 2.33. The molecule has 0 aliphatic carbocycles. The molecule has 3 saturated heterocycles. The van der Waals surface area contributed by atoms with Crippen LogP contribution in [0.2, 0.25) is 0 Å². The highest BCUT2D eigenvalue weighted by Gasteiger charge is 2.48. The molecular formula is C75H112N8O11. The van der Waals surface area contributed by atoms with Crippen LogP contribution in [-0.2, 0) is 60.7 Å². The number of rotatable bonds is 16. The molecule has 19 nitrogen and oxygen atoms in total. The fourth-order valence-electron chi connectivity index (χ4n) is 14.3. The summed E-state index contributed by atoms with van der Waals surface area (Å²) in [6, 6.07) is 18.5. The van der Waals surface area contributed by atoms with E-state index in [2.05, 4.69) is 53.2 Å². The number of likely N-dealkylation sites (N-methyl/N-ethyl adjacent to an activating group) is 4. The van der Waals surface area contributed by atoms with Gasteiger partial charge in [0.1, 0.15) is 18.1 Å². The van der Waals surface area contributed by atoms with Crippen molar-refractivity contribution in [1.29, 1.82) is 0 Å². The third-order valence-electron chi connectivity index (χ3n) is 20.2. The molecule has 0 bridgehead atoms. The minimum absolute atomic E-state index is 0.0126. The van der Waals surface area contributed by atoms with Crippen LogP contribution >= 0.6 is 0 Å². The van der Waals surface area contributed by atoms with Crippen LogP contribution in [0.15, 0.2) is 78.9 Å². The van der Waals surface area contributed by atoms with Crippen LogP contribution in [0.5, 0.6) is 0 Å². The largest absolute Gasteiger partial charge is 0.450 e. The van der Waals surface area contributed by atoms with Crippen LogP contribution in [0.3, 0.4) is 0 Å². The lowest BCUT2D eigenvalue weighted by molar-refractivity contribution is -0.178. The molecule has 6 rings (SSSR count). The Morgan fingerprint density at radius 1 is 0.585 bits per heavy atom. The van der Waals surface area contributed by atoms with Gasteiger partial charge in [-0.15, -0.1) is 0 Å². The van der Waals surface area contributed by atoms with Gasteiger partial charge in [-0.1, -0.05) is 142 Å². The van der Waals surface area contributed by atoms with Crippen molar-refractivity contribution in [2.75, 3.05) is 65.8 Å². The fraction of sp³-hybridized carbons (Fsp3) is 0.640. The zero-order valence-electron chi connectivity index (χ0n) is 59.7. The molecule has 0 spiro atoms. The van der Waals surface area contributed by atoms with Gasteiger partial charge in [-0.3, -0.25) is 43.3 Å². The second-order valence-corrected chi connectivity index (χ2v) is 29.2. The van der Waals surface area contributed by atoms with Crippen molar-refractivity contribution in [1.82, 2.24) is 34.7 Å². The first-order valence-corrected chi connectivity index (χ1v) is 34.6. The molecule has 11 atom stereocenters. The third-order valence-corrected chi connectivity index (χ3v) is 20.2. The number of carbonyl (C=O) groups is 9. The van der Waals surface area contributed by atoms with Crippen molar-refractivity contribution in [2.24, 2.45) is 41.4 Å². The normalized spacial score (nSPS) is 25.6. The molecule has 6 amide bonds. The summed E-state index contributed by atoms with van der Waals surface area (Å²) in [5.41, 5.74) is 2.47. The van der Waals surface area contributed by atoms with Crippen molar-refractivity contribution in [3.63, 3.8) is 0 Å². The second kappa shape index (κ2) is 33.6. The van der Waals surface area contributed by atoms with E-state index >= 15 is 33.6 Å². The molecule has 3 aromatic carbocycles. The van der Waals surface area contributed by atoms with Crippen LogP contribution < -0.4 is 10.2 Å². The summed E-state index contributed by atoms with van der Waals surface area (Å²) in [5, 5.41) is 14.8. The summed E-state index contributed by atoms with van der Waals surface area (Å²) >= 11 is 0. The predicted molar refractivity (Wildman–Crippen MR) is 368 cm³/mol. The number of anilines is 1. The van der Waals surface area contributed by atoms with Crippen LogP contribution in [0, 0.1) is 41.4 Å². The first kappa shape index (κ1) is 76.0. The standard InChI is InChI=1S/C75H112N8O11/c1-19-50(11)58-45-62(84)60-30-25-35-83(60)72(90)61(43-53-28-24-29-55(41-53)54-31-33-57(34-32-54)82-38-36-81(37-39-82)49(9)10)77(15)71(89)59(42-52-26-22-21-23-27-52)76-68(86)65(48(7)8)79(17)73(91)66(51(12)20-2)94-74(92)67(75(13,14)93)80(18)69(87)56(40-46(3)4)44-63(85)64(47(5)6)78(16)70(58)88/h21-24,26-29,31-34,41,46-51,56,58-61,64-67,93H,19-20,25,30,35-40,42-45H2,1-18H3,(H,76,86)/t50?,51?,56-,58+,59?,60?,61?,64+,65+,66-,67-/m1/s1. The molecule has 0 radical (unpaired) electrons. The van der Waals surface area contributed by atoms with Crippen molar-refractivity contribution in [2.45, 2.75) is 209 Å². The number of nitrogens with one attached hydrogen (secondary N) is 1. The summed E-state index contributed by atoms with van der Waals surface area (Å²) < 4.78 is 6.19. The first-order chi connectivity index (χ1) is 44.2. The average molecular weight is 1300 g/mol. The van der Waals surface area contributed by atoms with Crippen LogP contribution in [0.25, 0.3) is 11.1 Å². The summed E-state index contributed by atoms with van der Waals surface area (Å²) in [5.74, 6) is -9.43. The topological polar surface area (TPSA) is 218 Å². The Balaban J connectivity index is 1.50. The highest BCUT2D eigenvalue weighted by molar-refractivity contribution is 5.99. The number of fused-ring (bicyclic) bond motifs is 1. The minimum Gasteiger partial charge on any atom is -0.450 e. The molecule has 19 heteroatoms. The van der Waals surface area contributed by atoms with Gasteiger partial charge >= 0.3 is 5.97 Å². The van der Waals surface area contributed by atoms with E-state index < -0.39 is 125 Å².